The molecule has 192 valence electrons. The van der Waals surface area contributed by atoms with Gasteiger partial charge in [-0.3, -0.25) is 4.79 Å². The lowest BCUT2D eigenvalue weighted by molar-refractivity contribution is -0.00347. The summed E-state index contributed by atoms with van der Waals surface area (Å²) in [5, 5.41) is 3.18. The highest BCUT2D eigenvalue weighted by atomic mass is 16.5. The molecule has 2 aliphatic rings. The third kappa shape index (κ3) is 5.53. The van der Waals surface area contributed by atoms with Crippen LogP contribution in [-0.2, 0) is 15.6 Å². The van der Waals surface area contributed by atoms with E-state index in [1.807, 2.05) is 0 Å². The van der Waals surface area contributed by atoms with E-state index in [4.69, 9.17) is 4.74 Å². The number of ether oxygens (including phenoxy) is 1. The summed E-state index contributed by atoms with van der Waals surface area (Å²) in [6.07, 6.45) is 6.52. The molecule has 4 rings (SSSR count). The number of carbonyl (C=O) groups is 1. The van der Waals surface area contributed by atoms with Crippen molar-refractivity contribution in [1.29, 1.82) is 0 Å². The van der Waals surface area contributed by atoms with Crippen molar-refractivity contribution < 1.29 is 9.53 Å². The molecule has 4 heteroatoms. The maximum absolute atomic E-state index is 13.3. The highest BCUT2D eigenvalue weighted by Gasteiger charge is 2.30. The van der Waals surface area contributed by atoms with Crippen LogP contribution in [0.15, 0.2) is 24.3 Å². The summed E-state index contributed by atoms with van der Waals surface area (Å²) in [6, 6.07) is 9.72. The summed E-state index contributed by atoms with van der Waals surface area (Å²) in [7, 11) is 0. The number of rotatable bonds is 5. The molecule has 4 nitrogen and oxygen atoms in total. The molecule has 1 saturated carbocycles. The zero-order chi connectivity index (χ0) is 25.5. The summed E-state index contributed by atoms with van der Waals surface area (Å²) in [5.74, 6) is 0.673. The lowest BCUT2D eigenvalue weighted by Crippen LogP contribution is -2.48. The largest absolute Gasteiger partial charge is 0.377 e. The van der Waals surface area contributed by atoms with Gasteiger partial charge in [0.05, 0.1) is 24.8 Å². The van der Waals surface area contributed by atoms with Crippen LogP contribution in [0.25, 0.3) is 11.3 Å². The molecule has 1 atom stereocenters. The number of hydrogen-bond acceptors (Lipinski definition) is 2. The lowest BCUT2D eigenvalue weighted by atomic mass is 9.79. The molecule has 1 N–H and O–H groups in total. The summed E-state index contributed by atoms with van der Waals surface area (Å²) < 4.78 is 7.77. The standard InChI is InChI=1S/C31H46N2O2/c1-20(22-12-10-9-11-13-22)33-21(2)27(29(34)32-26-18-35-19-26)17-28(33)23-14-24(30(3,4)5)16-25(15-23)31(6,7)8/h14-17,20,22,26H,9-13,18-19H2,1-8H3,(H,32,34). The Morgan fingerprint density at radius 3 is 2.00 bits per heavy atom. The SMILES string of the molecule is Cc1c(C(=O)NC2COC2)cc(-c2cc(C(C)(C)C)cc(C(C)(C)C)c2)n1C(C)C1CCCCC1. The Morgan fingerprint density at radius 2 is 1.51 bits per heavy atom. The van der Waals surface area contributed by atoms with Gasteiger partial charge in [-0.2, -0.15) is 0 Å². The van der Waals surface area contributed by atoms with Gasteiger partial charge in [-0.15, -0.1) is 0 Å². The average molecular weight is 479 g/mol. The van der Waals surface area contributed by atoms with Crippen LogP contribution in [0.5, 0.6) is 0 Å². The zero-order valence-electron chi connectivity index (χ0n) is 23.3. The second-order valence-corrected chi connectivity index (χ2v) is 13.0. The summed E-state index contributed by atoms with van der Waals surface area (Å²) in [6.45, 7) is 19.4. The molecule has 2 heterocycles. The van der Waals surface area contributed by atoms with E-state index in [1.165, 1.54) is 54.5 Å². The quantitative estimate of drug-likeness (QED) is 0.489. The van der Waals surface area contributed by atoms with Gasteiger partial charge in [-0.25, -0.2) is 0 Å². The molecular formula is C31H46N2O2. The molecule has 2 fully saturated rings. The van der Waals surface area contributed by atoms with Crippen LogP contribution in [-0.4, -0.2) is 29.7 Å². The first-order valence-corrected chi connectivity index (χ1v) is 13.6. The first-order valence-electron chi connectivity index (χ1n) is 13.6. The van der Waals surface area contributed by atoms with Gasteiger partial charge in [0, 0.05) is 17.4 Å². The molecule has 0 spiro atoms. The van der Waals surface area contributed by atoms with Crippen molar-refractivity contribution in [2.75, 3.05) is 13.2 Å². The van der Waals surface area contributed by atoms with Gasteiger partial charge in [0.1, 0.15) is 0 Å². The number of amides is 1. The Hall–Kier alpha value is -2.07. The maximum atomic E-state index is 13.3. The molecule has 1 amide bonds. The van der Waals surface area contributed by atoms with E-state index < -0.39 is 0 Å². The summed E-state index contributed by atoms with van der Waals surface area (Å²) in [4.78, 5) is 13.3. The van der Waals surface area contributed by atoms with Crippen molar-refractivity contribution in [3.05, 3.63) is 46.6 Å². The molecular weight excluding hydrogens is 432 g/mol. The van der Waals surface area contributed by atoms with Gasteiger partial charge in [-0.1, -0.05) is 66.9 Å². The first-order chi connectivity index (χ1) is 16.4. The number of carbonyl (C=O) groups excluding carboxylic acids is 1. The van der Waals surface area contributed by atoms with Crippen LogP contribution in [0, 0.1) is 12.8 Å². The predicted octanol–water partition coefficient (Wildman–Crippen LogP) is 7.33. The minimum Gasteiger partial charge on any atom is -0.377 e. The Labute approximate surface area is 212 Å². The van der Waals surface area contributed by atoms with Gasteiger partial charge in [0.15, 0.2) is 0 Å². The van der Waals surface area contributed by atoms with Crippen LogP contribution < -0.4 is 5.32 Å². The monoisotopic (exact) mass is 478 g/mol. The van der Waals surface area contributed by atoms with Gasteiger partial charge >= 0.3 is 0 Å². The van der Waals surface area contributed by atoms with Gasteiger partial charge in [-0.05, 0) is 78.3 Å². The molecule has 1 aromatic carbocycles. The van der Waals surface area contributed by atoms with E-state index in [9.17, 15) is 4.79 Å². The number of hydrogen-bond donors (Lipinski definition) is 1. The highest BCUT2D eigenvalue weighted by molar-refractivity contribution is 5.97. The van der Waals surface area contributed by atoms with Crippen molar-refractivity contribution in [3.63, 3.8) is 0 Å². The number of benzene rings is 1. The van der Waals surface area contributed by atoms with Crippen LogP contribution >= 0.6 is 0 Å². The van der Waals surface area contributed by atoms with E-state index in [1.54, 1.807) is 0 Å². The molecule has 1 saturated heterocycles. The molecule has 1 aromatic heterocycles. The molecule has 35 heavy (non-hydrogen) atoms. The van der Waals surface area contributed by atoms with Crippen LogP contribution in [0.4, 0.5) is 0 Å². The highest BCUT2D eigenvalue weighted by Crippen LogP contribution is 2.40. The van der Waals surface area contributed by atoms with Gasteiger partial charge in [0.25, 0.3) is 5.91 Å². The van der Waals surface area contributed by atoms with E-state index in [0.29, 0.717) is 25.2 Å². The van der Waals surface area contributed by atoms with Gasteiger partial charge in [0.2, 0.25) is 0 Å². The fourth-order valence-corrected chi connectivity index (χ4v) is 5.65. The topological polar surface area (TPSA) is 43.3 Å². The maximum Gasteiger partial charge on any atom is 0.253 e. The van der Waals surface area contributed by atoms with E-state index >= 15 is 0 Å². The zero-order valence-corrected chi connectivity index (χ0v) is 23.3. The van der Waals surface area contributed by atoms with Crippen molar-refractivity contribution >= 4 is 5.91 Å². The Bertz CT molecular complexity index is 1020. The number of nitrogens with one attached hydrogen (secondary N) is 1. The van der Waals surface area contributed by atoms with Crippen molar-refractivity contribution in [3.8, 4) is 11.3 Å². The van der Waals surface area contributed by atoms with Crippen molar-refractivity contribution in [2.24, 2.45) is 5.92 Å². The van der Waals surface area contributed by atoms with Crippen molar-refractivity contribution in [1.82, 2.24) is 9.88 Å². The smallest absolute Gasteiger partial charge is 0.253 e. The minimum absolute atomic E-state index is 0.0228. The van der Waals surface area contributed by atoms with Gasteiger partial charge < -0.3 is 14.6 Å². The molecule has 2 aromatic rings. The molecule has 1 aliphatic heterocycles. The fraction of sp³-hybridized carbons (Fsp3) is 0.645. The van der Waals surface area contributed by atoms with Crippen LogP contribution in [0.2, 0.25) is 0 Å². The first kappa shape index (κ1) is 26.0. The summed E-state index contributed by atoms with van der Waals surface area (Å²) >= 11 is 0. The van der Waals surface area contributed by atoms with Crippen molar-refractivity contribution in [2.45, 2.75) is 110 Å². The molecule has 1 unspecified atom stereocenters. The fourth-order valence-electron chi connectivity index (χ4n) is 5.65. The molecule has 0 radical (unpaired) electrons. The summed E-state index contributed by atoms with van der Waals surface area (Å²) in [5.41, 5.74) is 7.04. The second-order valence-electron chi connectivity index (χ2n) is 13.0. The van der Waals surface area contributed by atoms with E-state index in [2.05, 4.69) is 89.5 Å². The normalized spacial score (nSPS) is 18.9. The van der Waals surface area contributed by atoms with E-state index in [0.717, 1.165) is 11.3 Å². The van der Waals surface area contributed by atoms with Crippen LogP contribution in [0.3, 0.4) is 0 Å². The Morgan fingerprint density at radius 1 is 0.943 bits per heavy atom. The average Bonchev–Trinajstić information content (AvgIpc) is 3.12. The Balaban J connectivity index is 1.86. The molecule has 1 aliphatic carbocycles. The number of aromatic nitrogens is 1. The van der Waals surface area contributed by atoms with Crippen LogP contribution in [0.1, 0.15) is 114 Å². The third-order valence-electron chi connectivity index (χ3n) is 8.21. The van der Waals surface area contributed by atoms with E-state index in [-0.39, 0.29) is 22.8 Å². The minimum atomic E-state index is 0.0228. The Kier molecular flexibility index (Phi) is 7.26. The number of nitrogens with zero attached hydrogens (tertiary/aromatic N) is 1. The predicted molar refractivity (Wildman–Crippen MR) is 145 cm³/mol. The third-order valence-corrected chi connectivity index (χ3v) is 8.21. The second kappa shape index (κ2) is 9.76. The lowest BCUT2D eigenvalue weighted by Gasteiger charge is -2.32. The molecule has 0 bridgehead atoms.